The van der Waals surface area contributed by atoms with Crippen LogP contribution in [0.5, 0.6) is 0 Å². The number of hydrogen-bond acceptors (Lipinski definition) is 9. The van der Waals surface area contributed by atoms with Gasteiger partial charge in [-0.15, -0.1) is 6.58 Å². The summed E-state index contributed by atoms with van der Waals surface area (Å²) in [6, 6.07) is 3.02. The smallest absolute Gasteiger partial charge is 0.306 e. The van der Waals surface area contributed by atoms with Crippen molar-refractivity contribution >= 4 is 39.4 Å². The third kappa shape index (κ3) is 8.22. The summed E-state index contributed by atoms with van der Waals surface area (Å²) in [7, 11) is -3.87. The molecule has 4 heterocycles. The highest BCUT2D eigenvalue weighted by Gasteiger charge is 2.62. The first kappa shape index (κ1) is 38.0. The molecule has 4 aliphatic rings. The van der Waals surface area contributed by atoms with Crippen LogP contribution in [0.25, 0.3) is 5.65 Å². The van der Waals surface area contributed by atoms with Crippen LogP contribution >= 0.6 is 0 Å². The number of nitrogens with one attached hydrogen (secondary N) is 2. The lowest BCUT2D eigenvalue weighted by Gasteiger charge is -2.35. The summed E-state index contributed by atoms with van der Waals surface area (Å²) in [5.74, 6) is -3.59. The molecule has 2 saturated carbocycles. The second-order valence-electron chi connectivity index (χ2n) is 17.0. The number of aryl methyl sites for hydroxylation is 1. The van der Waals surface area contributed by atoms with E-state index >= 15 is 0 Å². The summed E-state index contributed by atoms with van der Waals surface area (Å²) in [5.41, 5.74) is 0.246. The molecule has 0 spiro atoms. The van der Waals surface area contributed by atoms with E-state index in [1.807, 2.05) is 43.6 Å². The molecule has 0 unspecified atom stereocenters. The Hall–Kier alpha value is -3.78. The van der Waals surface area contributed by atoms with Crippen molar-refractivity contribution in [3.05, 3.63) is 48.4 Å². The largest absolute Gasteiger partial charge is 0.465 e. The van der Waals surface area contributed by atoms with Gasteiger partial charge in [-0.25, -0.2) is 13.4 Å². The van der Waals surface area contributed by atoms with E-state index in [-0.39, 0.29) is 44.4 Å². The second kappa shape index (κ2) is 14.2. The minimum absolute atomic E-state index is 0.0738. The molecule has 52 heavy (non-hydrogen) atoms. The number of rotatable bonds is 6. The van der Waals surface area contributed by atoms with Crippen LogP contribution in [0, 0.1) is 22.7 Å². The normalized spacial score (nSPS) is 29.0. The van der Waals surface area contributed by atoms with Gasteiger partial charge in [0.15, 0.2) is 0 Å². The Labute approximate surface area is 306 Å². The second-order valence-corrected chi connectivity index (χ2v) is 19.0. The number of ether oxygens (including phenoxy) is 2. The molecule has 3 amide bonds. The quantitative estimate of drug-likeness (QED) is 0.331. The number of sulfonamides is 1. The maximum Gasteiger partial charge on any atom is 0.306 e. The van der Waals surface area contributed by atoms with Crippen LogP contribution in [0.2, 0.25) is 0 Å². The van der Waals surface area contributed by atoms with Crippen molar-refractivity contribution in [2.45, 2.75) is 122 Å². The zero-order valence-electron chi connectivity index (χ0n) is 31.0. The van der Waals surface area contributed by atoms with Crippen LogP contribution in [0.4, 0.5) is 0 Å². The number of fused-ring (bicyclic) bond motifs is 3. The number of cyclic esters (lactones) is 1. The number of aromatic nitrogens is 2. The first-order valence-corrected chi connectivity index (χ1v) is 20.0. The third-order valence-corrected chi connectivity index (χ3v) is 12.9. The van der Waals surface area contributed by atoms with Crippen molar-refractivity contribution in [3.63, 3.8) is 0 Å². The Morgan fingerprint density at radius 3 is 2.58 bits per heavy atom. The summed E-state index contributed by atoms with van der Waals surface area (Å²) >= 11 is 0. The lowest BCUT2D eigenvalue weighted by atomic mass is 9.77. The van der Waals surface area contributed by atoms with E-state index in [1.165, 1.54) is 11.0 Å². The summed E-state index contributed by atoms with van der Waals surface area (Å²) < 4.78 is 41.6. The third-order valence-electron chi connectivity index (χ3n) is 11.1. The average molecular weight is 740 g/mol. The number of carbonyl (C=O) groups excluding carboxylic acids is 4. The fourth-order valence-electron chi connectivity index (χ4n) is 7.48. The first-order chi connectivity index (χ1) is 24.4. The molecular weight excluding hydrogens is 687 g/mol. The van der Waals surface area contributed by atoms with E-state index in [2.05, 4.69) is 36.5 Å². The Morgan fingerprint density at radius 1 is 1.15 bits per heavy atom. The molecule has 14 heteroatoms. The minimum atomic E-state index is -3.87. The number of carbonyl (C=O) groups is 4. The molecule has 0 aromatic carbocycles. The average Bonchev–Trinajstić information content (AvgIpc) is 3.96. The molecule has 2 N–H and O–H groups in total. The number of esters is 1. The van der Waals surface area contributed by atoms with Crippen LogP contribution in [-0.4, -0.2) is 82.5 Å². The first-order valence-electron chi connectivity index (χ1n) is 18.5. The van der Waals surface area contributed by atoms with Gasteiger partial charge in [-0.3, -0.25) is 23.9 Å². The summed E-state index contributed by atoms with van der Waals surface area (Å²) in [4.78, 5) is 61.9. The van der Waals surface area contributed by atoms with E-state index in [0.29, 0.717) is 18.5 Å². The van der Waals surface area contributed by atoms with Crippen LogP contribution in [-0.2, 0) is 51.7 Å². The summed E-state index contributed by atoms with van der Waals surface area (Å²) in [5, 5.41) is 2.21. The standard InChI is InChI=1S/C38H53N5O8S/c1-7-25-19-38(25,35(47)41-52(48,49)28-13-14-28)40-33(45)30-17-27-21-43(30)34(46)29(36(2,3)4)18-31(44)51-23-37(5,6)15-9-8-11-24-12-10-16-42-20-26(22-50-27)39-32(24)42/h7,10,12,16,20,25,27-30H,1,8-9,11,13-15,17-19,21-23H2,2-6H3,(H,40,45)(H,41,47)/t25-,27+,29+,30-,38+/m0/s1. The van der Waals surface area contributed by atoms with E-state index in [4.69, 9.17) is 14.5 Å². The Kier molecular flexibility index (Phi) is 10.4. The fraction of sp³-hybridized carbons (Fsp3) is 0.658. The van der Waals surface area contributed by atoms with Crippen LogP contribution in [0.3, 0.4) is 0 Å². The molecule has 4 bridgehead atoms. The molecule has 2 aliphatic carbocycles. The van der Waals surface area contributed by atoms with E-state index in [1.54, 1.807) is 0 Å². The van der Waals surface area contributed by atoms with Crippen molar-refractivity contribution in [2.24, 2.45) is 22.7 Å². The molecule has 3 fully saturated rings. The van der Waals surface area contributed by atoms with Crippen molar-refractivity contribution in [1.29, 1.82) is 0 Å². The van der Waals surface area contributed by atoms with Gasteiger partial charge in [0, 0.05) is 31.3 Å². The van der Waals surface area contributed by atoms with E-state index < -0.39 is 73.9 Å². The number of amides is 3. The molecule has 2 aliphatic heterocycles. The maximum atomic E-state index is 14.5. The van der Waals surface area contributed by atoms with Crippen molar-refractivity contribution in [1.82, 2.24) is 24.3 Å². The van der Waals surface area contributed by atoms with Gasteiger partial charge in [-0.05, 0) is 61.0 Å². The van der Waals surface area contributed by atoms with Gasteiger partial charge in [-0.2, -0.15) is 0 Å². The van der Waals surface area contributed by atoms with Gasteiger partial charge in [-0.1, -0.05) is 53.2 Å². The number of hydrogen-bond donors (Lipinski definition) is 2. The zero-order chi connectivity index (χ0) is 37.6. The predicted octanol–water partition coefficient (Wildman–Crippen LogP) is 3.84. The molecule has 13 nitrogen and oxygen atoms in total. The SMILES string of the molecule is C=C[C@H]1C[C@]1(NC(=O)[C@@H]1C[C@@H]2CN1C(=O)[C@H](C(C)(C)C)CC(=O)OCC(C)(C)CCCCc1cccn3cc(nc13)CO2)C(=O)NS(=O)(=O)C1CC1. The Bertz CT molecular complexity index is 1840. The topological polar surface area (TPSA) is 165 Å². The predicted molar refractivity (Wildman–Crippen MR) is 193 cm³/mol. The minimum Gasteiger partial charge on any atom is -0.465 e. The van der Waals surface area contributed by atoms with Gasteiger partial charge in [0.2, 0.25) is 21.8 Å². The maximum absolute atomic E-state index is 14.5. The van der Waals surface area contributed by atoms with Crippen molar-refractivity contribution in [2.75, 3.05) is 13.2 Å². The van der Waals surface area contributed by atoms with Crippen LogP contribution in [0.1, 0.15) is 97.2 Å². The van der Waals surface area contributed by atoms with Crippen LogP contribution < -0.4 is 10.0 Å². The van der Waals surface area contributed by atoms with E-state index in [0.717, 1.165) is 36.9 Å². The molecule has 2 aromatic heterocycles. The lowest BCUT2D eigenvalue weighted by Crippen LogP contribution is -2.57. The molecule has 1 saturated heterocycles. The molecule has 5 atom stereocenters. The van der Waals surface area contributed by atoms with Gasteiger partial charge in [0.1, 0.15) is 17.2 Å². The number of imidazole rings is 1. The van der Waals surface area contributed by atoms with Gasteiger partial charge in [0.25, 0.3) is 5.91 Å². The molecule has 6 rings (SSSR count). The zero-order valence-corrected chi connectivity index (χ0v) is 31.8. The molecule has 2 aromatic rings. The summed E-state index contributed by atoms with van der Waals surface area (Å²) in [6.45, 7) is 14.0. The van der Waals surface area contributed by atoms with Gasteiger partial charge in [0.05, 0.1) is 42.6 Å². The molecule has 284 valence electrons. The Balaban J connectivity index is 1.28. The van der Waals surface area contributed by atoms with Gasteiger partial charge < -0.3 is 24.1 Å². The summed E-state index contributed by atoms with van der Waals surface area (Å²) in [6.07, 6.45) is 9.52. The lowest BCUT2D eigenvalue weighted by molar-refractivity contribution is -0.155. The highest BCUT2D eigenvalue weighted by molar-refractivity contribution is 7.91. The highest BCUT2D eigenvalue weighted by atomic mass is 32.2. The fourth-order valence-corrected chi connectivity index (χ4v) is 8.84. The Morgan fingerprint density at radius 2 is 1.90 bits per heavy atom. The van der Waals surface area contributed by atoms with E-state index in [9.17, 15) is 27.6 Å². The monoisotopic (exact) mass is 739 g/mol. The number of pyridine rings is 1. The molecular formula is C38H53N5O8S. The highest BCUT2D eigenvalue weighted by Crippen LogP contribution is 2.46. The number of nitrogens with zero attached hydrogens (tertiary/aromatic N) is 3. The van der Waals surface area contributed by atoms with Crippen molar-refractivity contribution in [3.8, 4) is 0 Å². The molecule has 0 radical (unpaired) electrons. The van der Waals surface area contributed by atoms with Gasteiger partial charge >= 0.3 is 5.97 Å². The van der Waals surface area contributed by atoms with Crippen molar-refractivity contribution < 1.29 is 37.1 Å². The van der Waals surface area contributed by atoms with Crippen LogP contribution in [0.15, 0.2) is 37.2 Å².